The Morgan fingerprint density at radius 2 is 2.04 bits per heavy atom. The first-order chi connectivity index (χ1) is 10.9. The number of amides is 1. The molecule has 0 aliphatic rings. The molecule has 0 saturated carbocycles. The van der Waals surface area contributed by atoms with Crippen molar-refractivity contribution in [2.75, 3.05) is 21.2 Å². The highest BCUT2D eigenvalue weighted by molar-refractivity contribution is 7.89. The van der Waals surface area contributed by atoms with E-state index in [1.54, 1.807) is 14.2 Å². The SMILES string of the molecule is CNS(=O)(=O)c1ccc(C(=O)N(C)Cc2cccc(OC)c2)o1. The summed E-state index contributed by atoms with van der Waals surface area (Å²) in [6, 6.07) is 9.92. The molecule has 1 heterocycles. The lowest BCUT2D eigenvalue weighted by atomic mass is 10.2. The van der Waals surface area contributed by atoms with Crippen molar-refractivity contribution in [1.29, 1.82) is 0 Å². The Balaban J connectivity index is 2.13. The summed E-state index contributed by atoms with van der Waals surface area (Å²) in [7, 11) is 0.741. The fourth-order valence-corrected chi connectivity index (χ4v) is 2.63. The first-order valence-electron chi connectivity index (χ1n) is 6.79. The number of nitrogens with one attached hydrogen (secondary N) is 1. The number of methoxy groups -OCH3 is 1. The molecule has 8 heteroatoms. The Hall–Kier alpha value is -2.32. The van der Waals surface area contributed by atoms with Gasteiger partial charge in [0.2, 0.25) is 5.09 Å². The summed E-state index contributed by atoms with van der Waals surface area (Å²) in [4.78, 5) is 13.8. The molecule has 7 nitrogen and oxygen atoms in total. The molecule has 2 rings (SSSR count). The molecule has 1 N–H and O–H groups in total. The number of furan rings is 1. The topological polar surface area (TPSA) is 88.9 Å². The standard InChI is InChI=1S/C15H18N2O5S/c1-16-23(19,20)14-8-7-13(22-14)15(18)17(2)10-11-5-4-6-12(9-11)21-3/h4-9,16H,10H2,1-3H3. The van der Waals surface area contributed by atoms with Gasteiger partial charge in [0.1, 0.15) is 5.75 Å². The van der Waals surface area contributed by atoms with E-state index in [1.807, 2.05) is 24.3 Å². The van der Waals surface area contributed by atoms with Gasteiger partial charge in [0.05, 0.1) is 7.11 Å². The van der Waals surface area contributed by atoms with Gasteiger partial charge in [-0.2, -0.15) is 0 Å². The van der Waals surface area contributed by atoms with Gasteiger partial charge in [-0.3, -0.25) is 4.79 Å². The first-order valence-corrected chi connectivity index (χ1v) is 8.27. The Morgan fingerprint density at radius 3 is 2.70 bits per heavy atom. The van der Waals surface area contributed by atoms with Gasteiger partial charge in [0, 0.05) is 13.6 Å². The summed E-state index contributed by atoms with van der Waals surface area (Å²) in [5.41, 5.74) is 0.884. The second-order valence-electron chi connectivity index (χ2n) is 4.84. The Morgan fingerprint density at radius 1 is 1.30 bits per heavy atom. The van der Waals surface area contributed by atoms with Crippen LogP contribution in [0.2, 0.25) is 0 Å². The molecule has 1 aromatic carbocycles. The summed E-state index contributed by atoms with van der Waals surface area (Å²) < 4.78 is 35.7. The predicted octanol–water partition coefficient (Wildman–Crippen LogP) is 1.47. The second kappa shape index (κ2) is 6.84. The van der Waals surface area contributed by atoms with E-state index < -0.39 is 15.9 Å². The Bertz CT molecular complexity index is 798. The van der Waals surface area contributed by atoms with Crippen LogP contribution in [0.1, 0.15) is 16.1 Å². The van der Waals surface area contributed by atoms with Crippen LogP contribution in [0.5, 0.6) is 5.75 Å². The summed E-state index contributed by atoms with van der Waals surface area (Å²) in [5, 5.41) is -0.293. The molecule has 0 spiro atoms. The number of rotatable bonds is 6. The van der Waals surface area contributed by atoms with Crippen molar-refractivity contribution < 1.29 is 22.4 Å². The Kier molecular flexibility index (Phi) is 5.07. The van der Waals surface area contributed by atoms with E-state index in [0.717, 1.165) is 5.56 Å². The van der Waals surface area contributed by atoms with E-state index in [-0.39, 0.29) is 10.9 Å². The molecular formula is C15H18N2O5S. The molecule has 1 amide bonds. The smallest absolute Gasteiger partial charge is 0.289 e. The lowest BCUT2D eigenvalue weighted by molar-refractivity contribution is 0.0747. The highest BCUT2D eigenvalue weighted by Gasteiger charge is 2.21. The number of ether oxygens (including phenoxy) is 1. The zero-order chi connectivity index (χ0) is 17.0. The van der Waals surface area contributed by atoms with Gasteiger partial charge in [0.25, 0.3) is 15.9 Å². The minimum Gasteiger partial charge on any atom is -0.497 e. The molecule has 0 aliphatic heterocycles. The maximum Gasteiger partial charge on any atom is 0.289 e. The molecule has 23 heavy (non-hydrogen) atoms. The van der Waals surface area contributed by atoms with Crippen molar-refractivity contribution in [1.82, 2.24) is 9.62 Å². The summed E-state index contributed by atoms with van der Waals surface area (Å²) >= 11 is 0. The molecule has 0 radical (unpaired) electrons. The van der Waals surface area contributed by atoms with Gasteiger partial charge in [-0.05, 0) is 36.9 Å². The van der Waals surface area contributed by atoms with E-state index in [4.69, 9.17) is 9.15 Å². The average molecular weight is 338 g/mol. The highest BCUT2D eigenvalue weighted by Crippen LogP contribution is 2.17. The van der Waals surface area contributed by atoms with Crippen molar-refractivity contribution in [2.45, 2.75) is 11.6 Å². The zero-order valence-corrected chi connectivity index (χ0v) is 13.9. The fourth-order valence-electron chi connectivity index (χ4n) is 1.98. The van der Waals surface area contributed by atoms with Gasteiger partial charge in [-0.1, -0.05) is 12.1 Å². The van der Waals surface area contributed by atoms with Crippen LogP contribution in [0.15, 0.2) is 45.9 Å². The van der Waals surface area contributed by atoms with Crippen molar-refractivity contribution in [3.05, 3.63) is 47.7 Å². The number of sulfonamides is 1. The van der Waals surface area contributed by atoms with Gasteiger partial charge < -0.3 is 14.1 Å². The lowest BCUT2D eigenvalue weighted by Crippen LogP contribution is -2.25. The van der Waals surface area contributed by atoms with E-state index in [2.05, 4.69) is 4.72 Å². The van der Waals surface area contributed by atoms with Gasteiger partial charge in [-0.25, -0.2) is 13.1 Å². The maximum absolute atomic E-state index is 12.3. The van der Waals surface area contributed by atoms with Crippen LogP contribution in [0.4, 0.5) is 0 Å². The van der Waals surface area contributed by atoms with E-state index in [0.29, 0.717) is 12.3 Å². The van der Waals surface area contributed by atoms with Crippen molar-refractivity contribution in [2.24, 2.45) is 0 Å². The number of carbonyl (C=O) groups is 1. The summed E-state index contributed by atoms with van der Waals surface area (Å²) in [6.45, 7) is 0.338. The first kappa shape index (κ1) is 17.0. The predicted molar refractivity (Wildman–Crippen MR) is 83.7 cm³/mol. The third kappa shape index (κ3) is 3.91. The minimum atomic E-state index is -3.71. The largest absolute Gasteiger partial charge is 0.497 e. The van der Waals surface area contributed by atoms with Crippen LogP contribution in [-0.4, -0.2) is 40.4 Å². The lowest BCUT2D eigenvalue weighted by Gasteiger charge is -2.16. The molecule has 0 unspecified atom stereocenters. The van der Waals surface area contributed by atoms with Gasteiger partial charge >= 0.3 is 0 Å². The van der Waals surface area contributed by atoms with Crippen molar-refractivity contribution in [3.8, 4) is 5.75 Å². The zero-order valence-electron chi connectivity index (χ0n) is 13.1. The molecule has 124 valence electrons. The fraction of sp³-hybridized carbons (Fsp3) is 0.267. The molecule has 0 fully saturated rings. The number of nitrogens with zero attached hydrogens (tertiary/aromatic N) is 1. The Labute approximate surface area is 134 Å². The van der Waals surface area contributed by atoms with Crippen LogP contribution >= 0.6 is 0 Å². The van der Waals surface area contributed by atoms with Crippen LogP contribution in [-0.2, 0) is 16.6 Å². The van der Waals surface area contributed by atoms with Crippen LogP contribution < -0.4 is 9.46 Å². The molecule has 0 atom stereocenters. The van der Waals surface area contributed by atoms with Crippen LogP contribution in [0.25, 0.3) is 0 Å². The number of carbonyl (C=O) groups excluding carboxylic acids is 1. The number of hydrogen-bond acceptors (Lipinski definition) is 5. The molecule has 2 aromatic rings. The van der Waals surface area contributed by atoms with E-state index in [9.17, 15) is 13.2 Å². The van der Waals surface area contributed by atoms with E-state index in [1.165, 1.54) is 24.1 Å². The summed E-state index contributed by atoms with van der Waals surface area (Å²) in [5.74, 6) is 0.248. The maximum atomic E-state index is 12.3. The molecule has 1 aromatic heterocycles. The van der Waals surface area contributed by atoms with E-state index >= 15 is 0 Å². The molecule has 0 aliphatic carbocycles. The summed E-state index contributed by atoms with van der Waals surface area (Å²) in [6.07, 6.45) is 0. The number of benzene rings is 1. The molecular weight excluding hydrogens is 320 g/mol. The quantitative estimate of drug-likeness (QED) is 0.861. The average Bonchev–Trinajstić information content (AvgIpc) is 3.05. The third-order valence-electron chi connectivity index (χ3n) is 3.23. The number of hydrogen-bond donors (Lipinski definition) is 1. The third-order valence-corrected chi connectivity index (χ3v) is 4.51. The van der Waals surface area contributed by atoms with Crippen LogP contribution in [0.3, 0.4) is 0 Å². The van der Waals surface area contributed by atoms with Crippen molar-refractivity contribution in [3.63, 3.8) is 0 Å². The molecule has 0 bridgehead atoms. The minimum absolute atomic E-state index is 0.0378. The normalized spacial score (nSPS) is 11.3. The molecule has 0 saturated heterocycles. The van der Waals surface area contributed by atoms with Gasteiger partial charge in [0.15, 0.2) is 5.76 Å². The van der Waals surface area contributed by atoms with Gasteiger partial charge in [-0.15, -0.1) is 0 Å². The van der Waals surface area contributed by atoms with Crippen LogP contribution in [0, 0.1) is 0 Å². The van der Waals surface area contributed by atoms with Crippen molar-refractivity contribution >= 4 is 15.9 Å². The highest BCUT2D eigenvalue weighted by atomic mass is 32.2. The second-order valence-corrected chi connectivity index (χ2v) is 6.66. The monoisotopic (exact) mass is 338 g/mol.